The Morgan fingerprint density at radius 2 is 1.45 bits per heavy atom. The Morgan fingerprint density at radius 1 is 0.911 bits per heavy atom. The van der Waals surface area contributed by atoms with Gasteiger partial charge in [0.15, 0.2) is 5.76 Å². The summed E-state index contributed by atoms with van der Waals surface area (Å²) < 4.78 is 19.9. The predicted octanol–water partition coefficient (Wildman–Crippen LogP) is 17.3. The standard InChI is InChI=1S/C24H28ClFO2.C11H15ClO2.C7H16.C4H10.C3H8/c1-8-14(2)22(27)21-12-16(4)23(28-21)18(24(5,6)7)11-15(3)17-9-10-19(25)20(26)13-17;1-4-5-8(2)10(11(13)14)7-6-9(3)12;1-5-6-7(2,3)4;1-3-4-2;1-3-2/h9-14H,3,8H2,1-2,4-7H3;6-7H,3-5H2,1-2H3,(H,13,14);5-6H2,1-4H3;3-4H2,1-2H3;3H2,1-2H3/b18-11+;7-6-,10-8+;;;. The van der Waals surface area contributed by atoms with Crippen LogP contribution in [0.5, 0.6) is 0 Å². The monoisotopic (exact) mass is 819 g/mol. The first-order valence-corrected chi connectivity index (χ1v) is 21.1. The lowest BCUT2D eigenvalue weighted by Crippen LogP contribution is -2.10. The lowest BCUT2D eigenvalue weighted by atomic mass is 9.82. The number of ketones is 1. The molecule has 0 amide bonds. The predicted molar refractivity (Wildman–Crippen MR) is 245 cm³/mol. The summed E-state index contributed by atoms with van der Waals surface area (Å²) >= 11 is 11.3. The van der Waals surface area contributed by atoms with Crippen LogP contribution in [-0.4, -0.2) is 16.9 Å². The summed E-state index contributed by atoms with van der Waals surface area (Å²) in [7, 11) is 0. The van der Waals surface area contributed by atoms with Gasteiger partial charge in [0.05, 0.1) is 10.6 Å². The maximum absolute atomic E-state index is 13.8. The summed E-state index contributed by atoms with van der Waals surface area (Å²) in [5, 5.41) is 9.30. The van der Waals surface area contributed by atoms with Gasteiger partial charge in [0.1, 0.15) is 11.6 Å². The molecule has 56 heavy (non-hydrogen) atoms. The average molecular weight is 820 g/mol. The summed E-state index contributed by atoms with van der Waals surface area (Å²) in [5.74, 6) is -0.460. The minimum atomic E-state index is -0.926. The van der Waals surface area contributed by atoms with Crippen molar-refractivity contribution in [1.82, 2.24) is 0 Å². The van der Waals surface area contributed by atoms with Crippen LogP contribution in [0, 0.1) is 29.5 Å². The minimum absolute atomic E-state index is 0.00343. The van der Waals surface area contributed by atoms with Crippen molar-refractivity contribution in [1.29, 1.82) is 0 Å². The zero-order chi connectivity index (χ0) is 44.4. The number of aryl methyl sites for hydroxylation is 1. The highest BCUT2D eigenvalue weighted by molar-refractivity contribution is 6.31. The Balaban J connectivity index is -0.000000828. The second-order valence-corrected chi connectivity index (χ2v) is 17.2. The van der Waals surface area contributed by atoms with Crippen LogP contribution in [0.2, 0.25) is 5.02 Å². The lowest BCUT2D eigenvalue weighted by molar-refractivity contribution is -0.132. The van der Waals surface area contributed by atoms with Crippen molar-refractivity contribution >= 4 is 46.1 Å². The fraction of sp³-hybridized carbons (Fsp3) is 0.551. The van der Waals surface area contributed by atoms with E-state index >= 15 is 0 Å². The van der Waals surface area contributed by atoms with Crippen molar-refractivity contribution in [2.24, 2.45) is 16.7 Å². The molecule has 0 aliphatic rings. The third-order valence-electron chi connectivity index (χ3n) is 8.13. The van der Waals surface area contributed by atoms with Gasteiger partial charge < -0.3 is 9.52 Å². The number of carboxylic acid groups (broad SMARTS) is 1. The van der Waals surface area contributed by atoms with E-state index < -0.39 is 11.8 Å². The van der Waals surface area contributed by atoms with E-state index in [1.807, 2.05) is 40.7 Å². The Labute approximate surface area is 352 Å². The molecule has 0 saturated carbocycles. The van der Waals surface area contributed by atoms with Gasteiger partial charge >= 0.3 is 5.97 Å². The van der Waals surface area contributed by atoms with Gasteiger partial charge in [-0.25, -0.2) is 9.18 Å². The fourth-order valence-corrected chi connectivity index (χ4v) is 4.89. The summed E-state index contributed by atoms with van der Waals surface area (Å²) in [5.41, 5.74) is 4.51. The number of carbonyl (C=O) groups excluding carboxylic acids is 1. The number of hydrogen-bond acceptors (Lipinski definition) is 3. The van der Waals surface area contributed by atoms with Gasteiger partial charge in [-0.15, -0.1) is 0 Å². The van der Waals surface area contributed by atoms with E-state index in [1.54, 1.807) is 12.1 Å². The van der Waals surface area contributed by atoms with E-state index in [0.29, 0.717) is 38.7 Å². The molecule has 2 aromatic rings. The van der Waals surface area contributed by atoms with Crippen LogP contribution >= 0.6 is 23.2 Å². The van der Waals surface area contributed by atoms with E-state index in [4.69, 9.17) is 32.7 Å². The molecule has 1 unspecified atom stereocenters. The smallest absolute Gasteiger partial charge is 0.335 e. The van der Waals surface area contributed by atoms with Crippen LogP contribution < -0.4 is 0 Å². The second-order valence-electron chi connectivity index (χ2n) is 16.3. The molecule has 1 aromatic heterocycles. The number of Topliss-reactive ketones (excluding diaryl/α,β-unsaturated/α-hetero) is 1. The number of furan rings is 1. The third-order valence-corrected chi connectivity index (χ3v) is 8.56. The third kappa shape index (κ3) is 25.2. The lowest BCUT2D eigenvalue weighted by Gasteiger charge is -2.23. The van der Waals surface area contributed by atoms with Crippen LogP contribution in [0.1, 0.15) is 183 Å². The maximum atomic E-state index is 13.8. The van der Waals surface area contributed by atoms with Crippen LogP contribution in [0.4, 0.5) is 4.39 Å². The van der Waals surface area contributed by atoms with Crippen molar-refractivity contribution in [2.45, 2.75) is 162 Å². The topological polar surface area (TPSA) is 67.5 Å². The molecule has 0 spiro atoms. The van der Waals surface area contributed by atoms with E-state index in [9.17, 15) is 14.0 Å². The molecule has 1 N–H and O–H groups in total. The molecule has 7 heteroatoms. The van der Waals surface area contributed by atoms with E-state index in [2.05, 4.69) is 89.3 Å². The highest BCUT2D eigenvalue weighted by Gasteiger charge is 2.27. The van der Waals surface area contributed by atoms with E-state index in [1.165, 1.54) is 56.4 Å². The molecule has 0 aliphatic heterocycles. The fourth-order valence-electron chi connectivity index (χ4n) is 4.70. The number of halogens is 3. The Morgan fingerprint density at radius 3 is 1.80 bits per heavy atom. The van der Waals surface area contributed by atoms with Gasteiger partial charge in [-0.1, -0.05) is 177 Å². The number of benzene rings is 1. The normalized spacial score (nSPS) is 12.3. The minimum Gasteiger partial charge on any atom is -0.478 e. The zero-order valence-corrected chi connectivity index (χ0v) is 39.5. The first-order chi connectivity index (χ1) is 25.8. The van der Waals surface area contributed by atoms with Gasteiger partial charge in [-0.3, -0.25) is 4.79 Å². The molecular weight excluding hydrogens is 742 g/mol. The summed E-state index contributed by atoms with van der Waals surface area (Å²) in [4.78, 5) is 23.4. The highest BCUT2D eigenvalue weighted by atomic mass is 35.5. The van der Waals surface area contributed by atoms with Crippen LogP contribution in [0.3, 0.4) is 0 Å². The molecule has 1 heterocycles. The molecule has 4 nitrogen and oxygen atoms in total. The van der Waals surface area contributed by atoms with Gasteiger partial charge in [0.25, 0.3) is 0 Å². The first-order valence-electron chi connectivity index (χ1n) is 20.3. The molecule has 318 valence electrons. The van der Waals surface area contributed by atoms with Crippen molar-refractivity contribution in [3.05, 3.63) is 105 Å². The molecule has 0 aliphatic carbocycles. The van der Waals surface area contributed by atoms with Crippen molar-refractivity contribution in [2.75, 3.05) is 0 Å². The SMILES string of the molecule is C=C(/C=C(\c1oc(C(=O)C(C)CC)cc1C)C(C)(C)C)c1ccc(Cl)c(F)c1.C=C(Cl)/C=C\C(C(=O)O)=C(\C)CCC.CCC.CCCC.CCCC(C)(C)C. The molecule has 0 saturated heterocycles. The number of allylic oxidation sites excluding steroid dienone is 6. The number of unbranched alkanes of at least 4 members (excludes halogenated alkanes) is 1. The molecular formula is C49H77Cl2FO4. The number of aliphatic carboxylic acids is 1. The average Bonchev–Trinajstić information content (AvgIpc) is 3.48. The molecule has 0 fully saturated rings. The Hall–Kier alpha value is -3.15. The van der Waals surface area contributed by atoms with Gasteiger partial charge in [-0.2, -0.15) is 0 Å². The maximum Gasteiger partial charge on any atom is 0.335 e. The van der Waals surface area contributed by atoms with Crippen LogP contribution in [0.25, 0.3) is 11.1 Å². The molecule has 2 rings (SSSR count). The first kappa shape index (κ1) is 57.2. The summed E-state index contributed by atoms with van der Waals surface area (Å²) in [6, 6.07) is 6.42. The number of carboxylic acids is 1. The highest BCUT2D eigenvalue weighted by Crippen LogP contribution is 2.39. The van der Waals surface area contributed by atoms with Crippen molar-refractivity contribution < 1.29 is 23.5 Å². The Kier molecular flexibility index (Phi) is 30.6. The quantitative estimate of drug-likeness (QED) is 0.124. The molecule has 0 radical (unpaired) electrons. The van der Waals surface area contributed by atoms with Crippen molar-refractivity contribution in [3.8, 4) is 0 Å². The largest absolute Gasteiger partial charge is 0.478 e. The van der Waals surface area contributed by atoms with E-state index in [-0.39, 0.29) is 22.1 Å². The Bertz CT molecular complexity index is 1570. The summed E-state index contributed by atoms with van der Waals surface area (Å²) in [6.45, 7) is 41.0. The number of hydrogen-bond donors (Lipinski definition) is 1. The summed E-state index contributed by atoms with van der Waals surface area (Å²) in [6.07, 6.45) is 13.9. The molecule has 1 atom stereocenters. The van der Waals surface area contributed by atoms with Crippen LogP contribution in [-0.2, 0) is 4.79 Å². The van der Waals surface area contributed by atoms with Gasteiger partial charge in [-0.05, 0) is 97.1 Å². The number of rotatable bonds is 13. The van der Waals surface area contributed by atoms with Crippen molar-refractivity contribution in [3.63, 3.8) is 0 Å². The zero-order valence-electron chi connectivity index (χ0n) is 38.0. The molecule has 0 bridgehead atoms. The van der Waals surface area contributed by atoms with Gasteiger partial charge in [0, 0.05) is 16.5 Å². The second kappa shape index (κ2) is 30.0. The van der Waals surface area contributed by atoms with Crippen LogP contribution in [0.15, 0.2) is 76.2 Å². The van der Waals surface area contributed by atoms with Gasteiger partial charge in [0.2, 0.25) is 5.78 Å². The van der Waals surface area contributed by atoms with E-state index in [0.717, 1.165) is 36.0 Å². The molecule has 1 aromatic carbocycles. The number of carbonyl (C=O) groups is 2.